The van der Waals surface area contributed by atoms with Gasteiger partial charge in [0.25, 0.3) is 5.91 Å². The highest BCUT2D eigenvalue weighted by Crippen LogP contribution is 2.10. The van der Waals surface area contributed by atoms with E-state index in [2.05, 4.69) is 23.7 Å². The second-order valence-electron chi connectivity index (χ2n) is 5.48. The van der Waals surface area contributed by atoms with Gasteiger partial charge in [0.2, 0.25) is 0 Å². The van der Waals surface area contributed by atoms with Gasteiger partial charge in [-0.05, 0) is 42.9 Å². The van der Waals surface area contributed by atoms with Crippen LogP contribution in [0.3, 0.4) is 0 Å². The highest BCUT2D eigenvalue weighted by atomic mass is 16.2. The number of rotatable bonds is 8. The van der Waals surface area contributed by atoms with Crippen molar-refractivity contribution in [2.75, 3.05) is 26.2 Å². The van der Waals surface area contributed by atoms with Crippen LogP contribution in [0.4, 0.5) is 0 Å². The van der Waals surface area contributed by atoms with Gasteiger partial charge in [0, 0.05) is 37.6 Å². The van der Waals surface area contributed by atoms with Gasteiger partial charge in [-0.15, -0.1) is 0 Å². The molecule has 0 aliphatic heterocycles. The molecule has 0 spiro atoms. The summed E-state index contributed by atoms with van der Waals surface area (Å²) in [5, 5.41) is 0. The number of aromatic nitrogens is 1. The number of amides is 1. The average molecular weight is 311 g/mol. The molecule has 4 heteroatoms. The molecule has 0 unspecified atom stereocenters. The molecule has 1 heterocycles. The average Bonchev–Trinajstić information content (AvgIpc) is 2.62. The van der Waals surface area contributed by atoms with Crippen LogP contribution in [0.15, 0.2) is 54.9 Å². The van der Waals surface area contributed by atoms with Crippen molar-refractivity contribution in [2.24, 2.45) is 0 Å². The smallest absolute Gasteiger partial charge is 0.254 e. The van der Waals surface area contributed by atoms with Crippen molar-refractivity contribution in [1.82, 2.24) is 14.8 Å². The molecule has 23 heavy (non-hydrogen) atoms. The van der Waals surface area contributed by atoms with Crippen LogP contribution in [-0.2, 0) is 6.54 Å². The molecule has 0 saturated carbocycles. The van der Waals surface area contributed by atoms with Gasteiger partial charge in [0.15, 0.2) is 0 Å². The van der Waals surface area contributed by atoms with Crippen molar-refractivity contribution in [3.8, 4) is 0 Å². The van der Waals surface area contributed by atoms with E-state index in [9.17, 15) is 4.79 Å². The molecule has 4 nitrogen and oxygen atoms in total. The molecule has 122 valence electrons. The van der Waals surface area contributed by atoms with Crippen LogP contribution in [0.2, 0.25) is 0 Å². The van der Waals surface area contributed by atoms with Crippen molar-refractivity contribution in [3.63, 3.8) is 0 Å². The maximum atomic E-state index is 12.8. The zero-order chi connectivity index (χ0) is 16.5. The largest absolute Gasteiger partial charge is 0.333 e. The SMILES string of the molecule is CCN(CC)CCN(Cc1ccncc1)C(=O)c1ccccc1. The van der Waals surface area contributed by atoms with Crippen LogP contribution in [0.5, 0.6) is 0 Å². The standard InChI is InChI=1S/C19H25N3O/c1-3-21(4-2)14-15-22(16-17-10-12-20-13-11-17)19(23)18-8-6-5-7-9-18/h5-13H,3-4,14-16H2,1-2H3. The Hall–Kier alpha value is -2.20. The molecule has 1 aromatic carbocycles. The molecule has 2 rings (SSSR count). The van der Waals surface area contributed by atoms with E-state index < -0.39 is 0 Å². The third kappa shape index (κ3) is 5.18. The summed E-state index contributed by atoms with van der Waals surface area (Å²) in [6, 6.07) is 13.4. The van der Waals surface area contributed by atoms with E-state index in [-0.39, 0.29) is 5.91 Å². The summed E-state index contributed by atoms with van der Waals surface area (Å²) in [6.07, 6.45) is 3.54. The minimum atomic E-state index is 0.0783. The van der Waals surface area contributed by atoms with Crippen molar-refractivity contribution in [1.29, 1.82) is 0 Å². The lowest BCUT2D eigenvalue weighted by molar-refractivity contribution is 0.0724. The van der Waals surface area contributed by atoms with Gasteiger partial charge >= 0.3 is 0 Å². The van der Waals surface area contributed by atoms with E-state index in [1.165, 1.54) is 0 Å². The van der Waals surface area contributed by atoms with Crippen LogP contribution in [0.25, 0.3) is 0 Å². The Balaban J connectivity index is 2.12. The number of pyridine rings is 1. The summed E-state index contributed by atoms with van der Waals surface area (Å²) < 4.78 is 0. The van der Waals surface area contributed by atoms with Gasteiger partial charge in [-0.1, -0.05) is 32.0 Å². The van der Waals surface area contributed by atoms with Gasteiger partial charge in [0.05, 0.1) is 0 Å². The molecule has 0 N–H and O–H groups in total. The Morgan fingerprint density at radius 2 is 1.61 bits per heavy atom. The number of likely N-dealkylation sites (N-methyl/N-ethyl adjacent to an activating group) is 1. The summed E-state index contributed by atoms with van der Waals surface area (Å²) in [7, 11) is 0. The highest BCUT2D eigenvalue weighted by Gasteiger charge is 2.16. The van der Waals surface area contributed by atoms with Crippen LogP contribution < -0.4 is 0 Å². The Morgan fingerprint density at radius 1 is 0.957 bits per heavy atom. The first-order valence-electron chi connectivity index (χ1n) is 8.20. The van der Waals surface area contributed by atoms with Gasteiger partial charge in [-0.25, -0.2) is 0 Å². The van der Waals surface area contributed by atoms with E-state index in [0.717, 1.165) is 37.3 Å². The quantitative estimate of drug-likeness (QED) is 0.752. The lowest BCUT2D eigenvalue weighted by Gasteiger charge is -2.26. The maximum Gasteiger partial charge on any atom is 0.254 e. The van der Waals surface area contributed by atoms with Crippen molar-refractivity contribution >= 4 is 5.91 Å². The fourth-order valence-corrected chi connectivity index (χ4v) is 2.53. The van der Waals surface area contributed by atoms with Crippen molar-refractivity contribution < 1.29 is 4.79 Å². The van der Waals surface area contributed by atoms with E-state index in [0.29, 0.717) is 6.54 Å². The van der Waals surface area contributed by atoms with Crippen LogP contribution >= 0.6 is 0 Å². The Bertz CT molecular complexity index is 582. The predicted octanol–water partition coefficient (Wildman–Crippen LogP) is 3.07. The predicted molar refractivity (Wildman–Crippen MR) is 93.2 cm³/mol. The number of carbonyl (C=O) groups is 1. The van der Waals surface area contributed by atoms with E-state index in [1.807, 2.05) is 47.4 Å². The van der Waals surface area contributed by atoms with Gasteiger partial charge in [-0.3, -0.25) is 9.78 Å². The van der Waals surface area contributed by atoms with Crippen LogP contribution in [-0.4, -0.2) is 46.9 Å². The molecular formula is C19H25N3O. The number of nitrogens with zero attached hydrogens (tertiary/aromatic N) is 3. The monoisotopic (exact) mass is 311 g/mol. The van der Waals surface area contributed by atoms with E-state index >= 15 is 0 Å². The summed E-state index contributed by atoms with van der Waals surface area (Å²) in [5.41, 5.74) is 1.84. The molecule has 0 radical (unpaired) electrons. The first kappa shape index (κ1) is 17.2. The number of hydrogen-bond acceptors (Lipinski definition) is 3. The topological polar surface area (TPSA) is 36.4 Å². The first-order chi connectivity index (χ1) is 11.2. The lowest BCUT2D eigenvalue weighted by atomic mass is 10.1. The Labute approximate surface area is 138 Å². The molecule has 0 aliphatic rings. The fraction of sp³-hybridized carbons (Fsp3) is 0.368. The number of benzene rings is 1. The van der Waals surface area contributed by atoms with Gasteiger partial charge in [0.1, 0.15) is 0 Å². The molecular weight excluding hydrogens is 286 g/mol. The third-order valence-corrected chi connectivity index (χ3v) is 4.01. The lowest BCUT2D eigenvalue weighted by Crippen LogP contribution is -2.38. The Morgan fingerprint density at radius 3 is 2.22 bits per heavy atom. The fourth-order valence-electron chi connectivity index (χ4n) is 2.53. The molecule has 0 fully saturated rings. The van der Waals surface area contributed by atoms with E-state index in [4.69, 9.17) is 0 Å². The molecule has 0 bridgehead atoms. The summed E-state index contributed by atoms with van der Waals surface area (Å²) >= 11 is 0. The molecule has 0 aliphatic carbocycles. The molecule has 0 saturated heterocycles. The maximum absolute atomic E-state index is 12.8. The zero-order valence-electron chi connectivity index (χ0n) is 14.0. The van der Waals surface area contributed by atoms with Crippen molar-refractivity contribution in [3.05, 3.63) is 66.0 Å². The van der Waals surface area contributed by atoms with E-state index in [1.54, 1.807) is 12.4 Å². The van der Waals surface area contributed by atoms with Crippen LogP contribution in [0.1, 0.15) is 29.8 Å². The number of carbonyl (C=O) groups excluding carboxylic acids is 1. The highest BCUT2D eigenvalue weighted by molar-refractivity contribution is 5.94. The molecule has 0 atom stereocenters. The van der Waals surface area contributed by atoms with Gasteiger partial charge < -0.3 is 9.80 Å². The second-order valence-corrected chi connectivity index (χ2v) is 5.48. The summed E-state index contributed by atoms with van der Waals surface area (Å²) in [5.74, 6) is 0.0783. The van der Waals surface area contributed by atoms with Crippen LogP contribution in [0, 0.1) is 0 Å². The minimum absolute atomic E-state index is 0.0783. The summed E-state index contributed by atoms with van der Waals surface area (Å²) in [4.78, 5) is 21.1. The molecule has 2 aromatic rings. The summed E-state index contributed by atoms with van der Waals surface area (Å²) in [6.45, 7) is 8.51. The Kier molecular flexibility index (Phi) is 6.76. The third-order valence-electron chi connectivity index (χ3n) is 4.01. The minimum Gasteiger partial charge on any atom is -0.333 e. The first-order valence-corrected chi connectivity index (χ1v) is 8.20. The van der Waals surface area contributed by atoms with Crippen molar-refractivity contribution in [2.45, 2.75) is 20.4 Å². The zero-order valence-corrected chi connectivity index (χ0v) is 14.0. The molecule has 1 amide bonds. The number of hydrogen-bond donors (Lipinski definition) is 0. The normalized spacial score (nSPS) is 10.7. The van der Waals surface area contributed by atoms with Gasteiger partial charge in [-0.2, -0.15) is 0 Å². The second kappa shape index (κ2) is 9.06. The molecule has 1 aromatic heterocycles.